The van der Waals surface area contributed by atoms with Crippen molar-refractivity contribution < 1.29 is 0 Å². The molecule has 0 bridgehead atoms. The van der Waals surface area contributed by atoms with Crippen LogP contribution in [0.3, 0.4) is 0 Å². The van der Waals surface area contributed by atoms with Crippen LogP contribution in [-0.4, -0.2) is 14.8 Å². The van der Waals surface area contributed by atoms with E-state index in [1.165, 1.54) is 14.7 Å². The largest absolute Gasteiger partial charge is 0.324 e. The molecule has 0 spiro atoms. The fraction of sp³-hybridized carbons (Fsp3) is 0.200. The van der Waals surface area contributed by atoms with Crippen LogP contribution in [-0.2, 0) is 0 Å². The van der Waals surface area contributed by atoms with E-state index in [1.807, 2.05) is 4.68 Å². The van der Waals surface area contributed by atoms with Gasteiger partial charge in [0, 0.05) is 9.27 Å². The number of anilines is 1. The number of fused-ring (bicyclic) bond motifs is 1. The Hall–Kier alpha value is -2.15. The Labute approximate surface area is 161 Å². The van der Waals surface area contributed by atoms with E-state index in [0.717, 1.165) is 17.2 Å². The molecule has 1 atom stereocenters. The Balaban J connectivity index is 1.75. The van der Waals surface area contributed by atoms with Crippen molar-refractivity contribution in [2.45, 2.75) is 25.8 Å². The molecule has 0 fully saturated rings. The highest BCUT2D eigenvalue weighted by molar-refractivity contribution is 14.1. The van der Waals surface area contributed by atoms with Crippen LogP contribution < -0.4 is 5.32 Å². The molecular weight excluding hydrogens is 423 g/mol. The van der Waals surface area contributed by atoms with Gasteiger partial charge in [-0.2, -0.15) is 10.1 Å². The Morgan fingerprint density at radius 2 is 1.76 bits per heavy atom. The van der Waals surface area contributed by atoms with E-state index in [2.05, 4.69) is 106 Å². The normalized spacial score (nSPS) is 16.3. The average molecular weight is 442 g/mol. The zero-order valence-corrected chi connectivity index (χ0v) is 16.3. The van der Waals surface area contributed by atoms with Gasteiger partial charge in [-0.25, -0.2) is 4.68 Å². The third kappa shape index (κ3) is 3.20. The lowest BCUT2D eigenvalue weighted by Crippen LogP contribution is -2.20. The topological polar surface area (TPSA) is 42.7 Å². The molecule has 2 aromatic carbocycles. The van der Waals surface area contributed by atoms with Gasteiger partial charge >= 0.3 is 0 Å². The smallest absolute Gasteiger partial charge is 0.226 e. The first-order valence-corrected chi connectivity index (χ1v) is 9.44. The highest BCUT2D eigenvalue weighted by Crippen LogP contribution is 2.32. The van der Waals surface area contributed by atoms with Crippen molar-refractivity contribution in [1.82, 2.24) is 14.8 Å². The van der Waals surface area contributed by atoms with Crippen LogP contribution in [0, 0.1) is 3.57 Å². The fourth-order valence-electron chi connectivity index (χ4n) is 3.05. The second-order valence-electron chi connectivity index (χ2n) is 6.51. The first-order valence-electron chi connectivity index (χ1n) is 8.36. The van der Waals surface area contributed by atoms with E-state index in [1.54, 1.807) is 6.33 Å². The van der Waals surface area contributed by atoms with Gasteiger partial charge in [-0.05, 0) is 63.4 Å². The van der Waals surface area contributed by atoms with Gasteiger partial charge in [-0.3, -0.25) is 0 Å². The molecule has 1 aliphatic rings. The predicted molar refractivity (Wildman–Crippen MR) is 109 cm³/mol. The third-order valence-corrected chi connectivity index (χ3v) is 5.23. The van der Waals surface area contributed by atoms with E-state index in [4.69, 9.17) is 0 Å². The van der Waals surface area contributed by atoms with E-state index in [9.17, 15) is 0 Å². The summed E-state index contributed by atoms with van der Waals surface area (Å²) < 4.78 is 3.15. The lowest BCUT2D eigenvalue weighted by atomic mass is 9.97. The maximum absolute atomic E-state index is 4.41. The molecule has 0 aliphatic carbocycles. The molecule has 0 unspecified atom stereocenters. The monoisotopic (exact) mass is 442 g/mol. The number of hydrogen-bond acceptors (Lipinski definition) is 3. The molecule has 126 valence electrons. The summed E-state index contributed by atoms with van der Waals surface area (Å²) in [6, 6.07) is 17.3. The van der Waals surface area contributed by atoms with Crippen molar-refractivity contribution in [3.63, 3.8) is 0 Å². The van der Waals surface area contributed by atoms with Crippen molar-refractivity contribution in [1.29, 1.82) is 0 Å². The van der Waals surface area contributed by atoms with Crippen LogP contribution in [0.25, 0.3) is 5.70 Å². The van der Waals surface area contributed by atoms with E-state index >= 15 is 0 Å². The lowest BCUT2D eigenvalue weighted by Gasteiger charge is -2.24. The van der Waals surface area contributed by atoms with Gasteiger partial charge in [-0.1, -0.05) is 50.2 Å². The van der Waals surface area contributed by atoms with Crippen LogP contribution in [0.5, 0.6) is 0 Å². The minimum absolute atomic E-state index is 0.0363. The Morgan fingerprint density at radius 1 is 1.04 bits per heavy atom. The number of benzene rings is 2. The van der Waals surface area contributed by atoms with Gasteiger partial charge in [-0.15, -0.1) is 0 Å². The van der Waals surface area contributed by atoms with E-state index in [-0.39, 0.29) is 6.04 Å². The minimum atomic E-state index is 0.0363. The van der Waals surface area contributed by atoms with Crippen LogP contribution in [0.4, 0.5) is 5.95 Å². The molecule has 4 rings (SSSR count). The Kier molecular flexibility index (Phi) is 4.33. The molecule has 1 aliphatic heterocycles. The maximum atomic E-state index is 4.41. The number of hydrogen-bond donors (Lipinski definition) is 1. The zero-order valence-electron chi connectivity index (χ0n) is 14.1. The molecule has 4 nitrogen and oxygen atoms in total. The lowest BCUT2D eigenvalue weighted by molar-refractivity contribution is 0.611. The summed E-state index contributed by atoms with van der Waals surface area (Å²) in [7, 11) is 0. The van der Waals surface area contributed by atoms with Gasteiger partial charge in [0.2, 0.25) is 5.95 Å². The number of halogens is 1. The Bertz CT molecular complexity index is 908. The number of allylic oxidation sites excluding steroid dienone is 1. The molecule has 0 radical (unpaired) electrons. The molecule has 2 heterocycles. The second kappa shape index (κ2) is 6.63. The average Bonchev–Trinajstić information content (AvgIpc) is 3.10. The number of aromatic nitrogens is 3. The molecule has 0 saturated heterocycles. The summed E-state index contributed by atoms with van der Waals surface area (Å²) in [5, 5.41) is 7.80. The standard InChI is InChI=1S/C20H19IN4/c1-13(2)14-3-5-16(6-4-14)19-11-18(15-7-9-17(21)10-8-15)24-20-22-12-23-25(19)20/h3-13,19H,1-2H3,(H,22,23,24)/t19-/m0/s1. The highest BCUT2D eigenvalue weighted by Gasteiger charge is 2.23. The van der Waals surface area contributed by atoms with Gasteiger partial charge in [0.25, 0.3) is 0 Å². The summed E-state index contributed by atoms with van der Waals surface area (Å²) in [5.74, 6) is 1.30. The third-order valence-electron chi connectivity index (χ3n) is 4.51. The fourth-order valence-corrected chi connectivity index (χ4v) is 3.41. The molecule has 1 aromatic heterocycles. The van der Waals surface area contributed by atoms with Crippen molar-refractivity contribution >= 4 is 34.2 Å². The van der Waals surface area contributed by atoms with Crippen molar-refractivity contribution in [2.75, 3.05) is 5.32 Å². The van der Waals surface area contributed by atoms with E-state index in [0.29, 0.717) is 5.92 Å². The molecule has 1 N–H and O–H groups in total. The summed E-state index contributed by atoms with van der Waals surface area (Å²) >= 11 is 2.32. The van der Waals surface area contributed by atoms with Crippen molar-refractivity contribution in [3.05, 3.63) is 81.2 Å². The van der Waals surface area contributed by atoms with Gasteiger partial charge in [0.15, 0.2) is 0 Å². The van der Waals surface area contributed by atoms with E-state index < -0.39 is 0 Å². The summed E-state index contributed by atoms with van der Waals surface area (Å²) in [6.45, 7) is 4.42. The quantitative estimate of drug-likeness (QED) is 0.577. The second-order valence-corrected chi connectivity index (χ2v) is 7.75. The summed E-state index contributed by atoms with van der Waals surface area (Å²) in [6.07, 6.45) is 3.82. The van der Waals surface area contributed by atoms with Crippen LogP contribution in [0.1, 0.15) is 42.5 Å². The summed E-state index contributed by atoms with van der Waals surface area (Å²) in [5.41, 5.74) is 4.77. The molecule has 25 heavy (non-hydrogen) atoms. The van der Waals surface area contributed by atoms with Crippen LogP contribution >= 0.6 is 22.6 Å². The van der Waals surface area contributed by atoms with Crippen molar-refractivity contribution in [3.8, 4) is 0 Å². The minimum Gasteiger partial charge on any atom is -0.324 e. The Morgan fingerprint density at radius 3 is 2.44 bits per heavy atom. The maximum Gasteiger partial charge on any atom is 0.226 e. The molecule has 3 aromatic rings. The van der Waals surface area contributed by atoms with Crippen LogP contribution in [0.15, 0.2) is 60.9 Å². The first-order chi connectivity index (χ1) is 12.1. The van der Waals surface area contributed by atoms with Gasteiger partial charge in [0.1, 0.15) is 12.4 Å². The highest BCUT2D eigenvalue weighted by atomic mass is 127. The zero-order chi connectivity index (χ0) is 17.4. The molecule has 0 saturated carbocycles. The predicted octanol–water partition coefficient (Wildman–Crippen LogP) is 5.06. The molecular formula is C20H19IN4. The molecule has 5 heteroatoms. The number of rotatable bonds is 3. The first kappa shape index (κ1) is 16.3. The number of nitrogens with one attached hydrogen (secondary N) is 1. The summed E-state index contributed by atoms with van der Waals surface area (Å²) in [4.78, 5) is 4.37. The van der Waals surface area contributed by atoms with Gasteiger partial charge in [0.05, 0.1) is 0 Å². The SMILES string of the molecule is CC(C)c1ccc([C@@H]2C=C(c3ccc(I)cc3)Nc3ncnn32)cc1. The molecule has 0 amide bonds. The number of nitrogens with zero attached hydrogens (tertiary/aromatic N) is 3. The van der Waals surface area contributed by atoms with Crippen molar-refractivity contribution in [2.24, 2.45) is 0 Å². The van der Waals surface area contributed by atoms with Crippen LogP contribution in [0.2, 0.25) is 0 Å². The van der Waals surface area contributed by atoms with Gasteiger partial charge < -0.3 is 5.32 Å².